The Labute approximate surface area is 136 Å². The molecule has 2 heterocycles. The summed E-state index contributed by atoms with van der Waals surface area (Å²) >= 11 is 0. The lowest BCUT2D eigenvalue weighted by molar-refractivity contribution is -0.126. The van der Waals surface area contributed by atoms with E-state index in [9.17, 15) is 9.59 Å². The molecule has 1 aliphatic heterocycles. The van der Waals surface area contributed by atoms with Gasteiger partial charge in [-0.3, -0.25) is 9.78 Å². The van der Waals surface area contributed by atoms with Crippen LogP contribution >= 0.6 is 0 Å². The summed E-state index contributed by atoms with van der Waals surface area (Å²) in [4.78, 5) is 28.4. The van der Waals surface area contributed by atoms with Crippen LogP contribution in [0.3, 0.4) is 0 Å². The maximum Gasteiger partial charge on any atom is 0.340 e. The Kier molecular flexibility index (Phi) is 5.48. The Hall–Kier alpha value is -1.63. The van der Waals surface area contributed by atoms with Crippen molar-refractivity contribution in [2.24, 2.45) is 5.92 Å². The van der Waals surface area contributed by atoms with E-state index in [1.54, 1.807) is 0 Å². The lowest BCUT2D eigenvalue weighted by Gasteiger charge is -2.38. The number of rotatable bonds is 5. The second-order valence-corrected chi connectivity index (χ2v) is 6.77. The van der Waals surface area contributed by atoms with Gasteiger partial charge in [0.2, 0.25) is 5.91 Å². The van der Waals surface area contributed by atoms with Crippen LogP contribution in [0.15, 0.2) is 4.79 Å². The van der Waals surface area contributed by atoms with Crippen molar-refractivity contribution in [1.82, 2.24) is 25.4 Å². The molecule has 3 rings (SSSR count). The van der Waals surface area contributed by atoms with Gasteiger partial charge in [0.1, 0.15) is 5.82 Å². The number of carbonyl (C=O) groups excluding carboxylic acids is 1. The summed E-state index contributed by atoms with van der Waals surface area (Å²) in [6.07, 6.45) is 9.24. The van der Waals surface area contributed by atoms with Gasteiger partial charge in [-0.1, -0.05) is 19.3 Å². The summed E-state index contributed by atoms with van der Waals surface area (Å²) in [7, 11) is 0. The van der Waals surface area contributed by atoms with E-state index in [-0.39, 0.29) is 17.5 Å². The molecule has 0 spiro atoms. The van der Waals surface area contributed by atoms with Gasteiger partial charge in [0.15, 0.2) is 0 Å². The highest BCUT2D eigenvalue weighted by molar-refractivity contribution is 5.78. The first-order valence-corrected chi connectivity index (χ1v) is 8.87. The minimum Gasteiger partial charge on any atom is -0.355 e. The summed E-state index contributed by atoms with van der Waals surface area (Å²) in [6.45, 7) is 2.62. The lowest BCUT2D eigenvalue weighted by Crippen LogP contribution is -2.45. The molecular formula is C16H27N5O2. The van der Waals surface area contributed by atoms with E-state index in [1.165, 1.54) is 32.1 Å². The van der Waals surface area contributed by atoms with Gasteiger partial charge < -0.3 is 10.2 Å². The molecular weight excluding hydrogens is 294 g/mol. The molecule has 7 nitrogen and oxygen atoms in total. The SMILES string of the molecule is O=C(NCCc1n[nH]c(=O)[nH]1)C1CCN(C2CCCCC2)CC1. The molecule has 1 saturated carbocycles. The highest BCUT2D eigenvalue weighted by Gasteiger charge is 2.29. The second-order valence-electron chi connectivity index (χ2n) is 6.77. The Bertz CT molecular complexity index is 553. The number of aromatic amines is 2. The van der Waals surface area contributed by atoms with Crippen LogP contribution in [0.1, 0.15) is 50.8 Å². The number of hydrogen-bond donors (Lipinski definition) is 3. The zero-order valence-corrected chi connectivity index (χ0v) is 13.6. The van der Waals surface area contributed by atoms with Gasteiger partial charge in [0.25, 0.3) is 0 Å². The molecule has 0 atom stereocenters. The summed E-state index contributed by atoms with van der Waals surface area (Å²) in [5, 5.41) is 9.13. The zero-order chi connectivity index (χ0) is 16.1. The molecule has 7 heteroatoms. The monoisotopic (exact) mass is 321 g/mol. The second kappa shape index (κ2) is 7.77. The van der Waals surface area contributed by atoms with E-state index in [4.69, 9.17) is 0 Å². The average molecular weight is 321 g/mol. The third-order valence-corrected chi connectivity index (χ3v) is 5.20. The smallest absolute Gasteiger partial charge is 0.340 e. The summed E-state index contributed by atoms with van der Waals surface area (Å²) in [5.41, 5.74) is -0.304. The molecule has 0 unspecified atom stereocenters. The third-order valence-electron chi connectivity index (χ3n) is 5.20. The number of hydrogen-bond acceptors (Lipinski definition) is 4. The first-order valence-electron chi connectivity index (χ1n) is 8.87. The molecule has 2 fully saturated rings. The zero-order valence-electron chi connectivity index (χ0n) is 13.6. The van der Waals surface area contributed by atoms with Crippen LogP contribution in [-0.4, -0.2) is 51.7 Å². The number of amides is 1. The molecule has 0 aromatic carbocycles. The maximum absolute atomic E-state index is 12.2. The van der Waals surface area contributed by atoms with Crippen molar-refractivity contribution in [3.63, 3.8) is 0 Å². The van der Waals surface area contributed by atoms with Gasteiger partial charge in [-0.15, -0.1) is 0 Å². The first kappa shape index (κ1) is 16.2. The fourth-order valence-corrected chi connectivity index (χ4v) is 3.85. The minimum absolute atomic E-state index is 0.132. The van der Waals surface area contributed by atoms with Gasteiger partial charge in [0.05, 0.1) is 0 Å². The standard InChI is InChI=1S/C16H27N5O2/c22-15(17-9-6-14-18-16(23)20-19-14)12-7-10-21(11-8-12)13-4-2-1-3-5-13/h12-13H,1-11H2,(H,17,22)(H2,18,19,20,23). The number of piperidine rings is 1. The fraction of sp³-hybridized carbons (Fsp3) is 0.812. The first-order chi connectivity index (χ1) is 11.2. The number of nitrogens with zero attached hydrogens (tertiary/aromatic N) is 2. The molecule has 0 radical (unpaired) electrons. The minimum atomic E-state index is -0.304. The predicted molar refractivity (Wildman–Crippen MR) is 87.1 cm³/mol. The largest absolute Gasteiger partial charge is 0.355 e. The van der Waals surface area contributed by atoms with Gasteiger partial charge in [-0.2, -0.15) is 5.10 Å². The van der Waals surface area contributed by atoms with Crippen molar-refractivity contribution in [2.45, 2.75) is 57.4 Å². The highest BCUT2D eigenvalue weighted by Crippen LogP contribution is 2.27. The molecule has 0 bridgehead atoms. The molecule has 1 amide bonds. The molecule has 1 aliphatic carbocycles. The van der Waals surface area contributed by atoms with Gasteiger partial charge >= 0.3 is 5.69 Å². The van der Waals surface area contributed by atoms with Crippen molar-refractivity contribution in [3.05, 3.63) is 16.3 Å². The van der Waals surface area contributed by atoms with Crippen LogP contribution in [0.2, 0.25) is 0 Å². The predicted octanol–water partition coefficient (Wildman–Crippen LogP) is 0.801. The summed E-state index contributed by atoms with van der Waals surface area (Å²) in [6, 6.07) is 0.754. The van der Waals surface area contributed by atoms with Crippen molar-refractivity contribution in [3.8, 4) is 0 Å². The van der Waals surface area contributed by atoms with E-state index in [0.717, 1.165) is 32.0 Å². The lowest BCUT2D eigenvalue weighted by atomic mass is 9.90. The van der Waals surface area contributed by atoms with Crippen molar-refractivity contribution >= 4 is 5.91 Å². The van der Waals surface area contributed by atoms with Crippen molar-refractivity contribution in [2.75, 3.05) is 19.6 Å². The van der Waals surface area contributed by atoms with Crippen molar-refractivity contribution < 1.29 is 4.79 Å². The van der Waals surface area contributed by atoms with Crippen LogP contribution in [0.5, 0.6) is 0 Å². The van der Waals surface area contributed by atoms with Gasteiger partial charge in [-0.25, -0.2) is 9.89 Å². The third kappa shape index (κ3) is 4.43. The fourth-order valence-electron chi connectivity index (χ4n) is 3.85. The quantitative estimate of drug-likeness (QED) is 0.748. The van der Waals surface area contributed by atoms with Crippen LogP contribution in [0, 0.1) is 5.92 Å². The van der Waals surface area contributed by atoms with E-state index >= 15 is 0 Å². The van der Waals surface area contributed by atoms with E-state index in [2.05, 4.69) is 25.4 Å². The Morgan fingerprint density at radius 3 is 2.57 bits per heavy atom. The molecule has 23 heavy (non-hydrogen) atoms. The van der Waals surface area contributed by atoms with E-state index in [0.29, 0.717) is 18.8 Å². The Morgan fingerprint density at radius 2 is 1.91 bits per heavy atom. The molecule has 1 saturated heterocycles. The number of likely N-dealkylation sites (tertiary alicyclic amines) is 1. The van der Waals surface area contributed by atoms with Crippen LogP contribution in [0.4, 0.5) is 0 Å². The van der Waals surface area contributed by atoms with Gasteiger partial charge in [-0.05, 0) is 38.8 Å². The molecule has 1 aromatic heterocycles. The highest BCUT2D eigenvalue weighted by atomic mass is 16.2. The van der Waals surface area contributed by atoms with E-state index in [1.807, 2.05) is 0 Å². The number of H-pyrrole nitrogens is 2. The van der Waals surface area contributed by atoms with Gasteiger partial charge in [0, 0.05) is 24.9 Å². The van der Waals surface area contributed by atoms with Crippen LogP contribution < -0.4 is 11.0 Å². The average Bonchev–Trinajstić information content (AvgIpc) is 3.01. The number of nitrogens with one attached hydrogen (secondary N) is 3. The molecule has 2 aliphatic rings. The topological polar surface area (TPSA) is 93.9 Å². The molecule has 128 valence electrons. The Morgan fingerprint density at radius 1 is 1.17 bits per heavy atom. The van der Waals surface area contributed by atoms with Crippen molar-refractivity contribution in [1.29, 1.82) is 0 Å². The normalized spacial score (nSPS) is 21.4. The summed E-state index contributed by atoms with van der Waals surface area (Å²) in [5.74, 6) is 0.863. The number of aromatic nitrogens is 3. The number of carbonyl (C=O) groups is 1. The molecule has 3 N–H and O–H groups in total. The van der Waals surface area contributed by atoms with Crippen LogP contribution in [-0.2, 0) is 11.2 Å². The maximum atomic E-state index is 12.2. The molecule has 1 aromatic rings. The van der Waals surface area contributed by atoms with E-state index < -0.39 is 0 Å². The summed E-state index contributed by atoms with van der Waals surface area (Å²) < 4.78 is 0. The Balaban J connectivity index is 1.37. The van der Waals surface area contributed by atoms with Crippen LogP contribution in [0.25, 0.3) is 0 Å².